The molecule has 0 bridgehead atoms. The Morgan fingerprint density at radius 3 is 2.53 bits per heavy atom. The van der Waals surface area contributed by atoms with E-state index in [4.69, 9.17) is 28.4 Å². The van der Waals surface area contributed by atoms with Crippen molar-refractivity contribution in [3.63, 3.8) is 0 Å². The SMILES string of the molecule is COc1ccc(C=C2Oc3cc(OCC(=O)Nc4ccc5c(c4)OCCO5)ccc3C2=O)c(OC)c1. The Morgan fingerprint density at radius 2 is 1.72 bits per heavy atom. The van der Waals surface area contributed by atoms with Crippen molar-refractivity contribution < 1.29 is 38.0 Å². The number of ether oxygens (including phenoxy) is 6. The zero-order valence-electron chi connectivity index (χ0n) is 19.7. The van der Waals surface area contributed by atoms with E-state index in [1.165, 1.54) is 7.11 Å². The number of nitrogens with one attached hydrogen (secondary N) is 1. The second kappa shape index (κ2) is 9.91. The zero-order valence-corrected chi connectivity index (χ0v) is 19.7. The van der Waals surface area contributed by atoms with Crippen molar-refractivity contribution in [2.45, 2.75) is 0 Å². The molecule has 0 atom stereocenters. The fourth-order valence-corrected chi connectivity index (χ4v) is 3.80. The van der Waals surface area contributed by atoms with Gasteiger partial charge in [0.25, 0.3) is 5.91 Å². The van der Waals surface area contributed by atoms with Gasteiger partial charge in [-0.25, -0.2) is 0 Å². The Hall–Kier alpha value is -4.66. The first-order valence-corrected chi connectivity index (χ1v) is 11.2. The maximum atomic E-state index is 12.8. The highest BCUT2D eigenvalue weighted by atomic mass is 16.6. The first kappa shape index (κ1) is 23.1. The van der Waals surface area contributed by atoms with E-state index in [1.54, 1.807) is 67.8 Å². The number of carbonyl (C=O) groups is 2. The Morgan fingerprint density at radius 1 is 0.917 bits per heavy atom. The van der Waals surface area contributed by atoms with Gasteiger partial charge >= 0.3 is 0 Å². The van der Waals surface area contributed by atoms with Crippen LogP contribution in [0.2, 0.25) is 0 Å². The summed E-state index contributed by atoms with van der Waals surface area (Å²) in [4.78, 5) is 25.2. The lowest BCUT2D eigenvalue weighted by molar-refractivity contribution is -0.118. The molecule has 9 nitrogen and oxygen atoms in total. The third-order valence-corrected chi connectivity index (χ3v) is 5.56. The molecule has 3 aromatic carbocycles. The Balaban J connectivity index is 1.23. The standard InChI is InChI=1S/C27H23NO8/c1-31-18-5-3-16(22(13-18)32-2)11-25-27(30)20-7-6-19(14-23(20)36-25)35-15-26(29)28-17-4-8-21-24(12-17)34-10-9-33-21/h3-8,11-14H,9-10,15H2,1-2H3,(H,28,29). The molecule has 0 spiro atoms. The molecular weight excluding hydrogens is 466 g/mol. The molecule has 36 heavy (non-hydrogen) atoms. The maximum Gasteiger partial charge on any atom is 0.262 e. The lowest BCUT2D eigenvalue weighted by atomic mass is 10.1. The number of benzene rings is 3. The number of anilines is 1. The Labute approximate surface area is 207 Å². The average Bonchev–Trinajstić information content (AvgIpc) is 3.21. The summed E-state index contributed by atoms with van der Waals surface area (Å²) in [5.74, 6) is 2.69. The quantitative estimate of drug-likeness (QED) is 0.495. The van der Waals surface area contributed by atoms with E-state index in [2.05, 4.69) is 5.32 Å². The predicted molar refractivity (Wildman–Crippen MR) is 130 cm³/mol. The number of hydrogen-bond donors (Lipinski definition) is 1. The van der Waals surface area contributed by atoms with Gasteiger partial charge in [0.2, 0.25) is 5.78 Å². The first-order chi connectivity index (χ1) is 17.5. The predicted octanol–water partition coefficient (Wildman–Crippen LogP) is 4.11. The zero-order chi connectivity index (χ0) is 25.1. The highest BCUT2D eigenvalue weighted by Crippen LogP contribution is 2.36. The maximum absolute atomic E-state index is 12.8. The van der Waals surface area contributed by atoms with E-state index in [-0.39, 0.29) is 24.1 Å². The largest absolute Gasteiger partial charge is 0.497 e. The molecule has 1 N–H and O–H groups in total. The van der Waals surface area contributed by atoms with Crippen molar-refractivity contribution in [2.75, 3.05) is 39.4 Å². The molecule has 2 aliphatic rings. The van der Waals surface area contributed by atoms with Gasteiger partial charge < -0.3 is 33.7 Å². The molecule has 0 fully saturated rings. The van der Waals surface area contributed by atoms with Gasteiger partial charge in [0.1, 0.15) is 36.2 Å². The fraction of sp³-hybridized carbons (Fsp3) is 0.185. The normalized spacial score (nSPS) is 14.6. The van der Waals surface area contributed by atoms with Crippen LogP contribution in [0, 0.1) is 0 Å². The monoisotopic (exact) mass is 489 g/mol. The van der Waals surface area contributed by atoms with Gasteiger partial charge in [-0.05, 0) is 42.5 Å². The minimum Gasteiger partial charge on any atom is -0.497 e. The first-order valence-electron chi connectivity index (χ1n) is 11.2. The summed E-state index contributed by atoms with van der Waals surface area (Å²) >= 11 is 0. The van der Waals surface area contributed by atoms with Crippen LogP contribution >= 0.6 is 0 Å². The number of fused-ring (bicyclic) bond motifs is 2. The molecule has 2 heterocycles. The van der Waals surface area contributed by atoms with Crippen LogP contribution in [0.5, 0.6) is 34.5 Å². The molecule has 5 rings (SSSR count). The van der Waals surface area contributed by atoms with Crippen molar-refractivity contribution in [3.05, 3.63) is 71.5 Å². The molecule has 0 saturated heterocycles. The van der Waals surface area contributed by atoms with Gasteiger partial charge in [0, 0.05) is 29.4 Å². The van der Waals surface area contributed by atoms with E-state index in [0.717, 1.165) is 0 Å². The number of rotatable bonds is 7. The second-order valence-electron chi connectivity index (χ2n) is 7.90. The summed E-state index contributed by atoms with van der Waals surface area (Å²) in [6, 6.07) is 15.2. The smallest absolute Gasteiger partial charge is 0.262 e. The number of ketones is 1. The van der Waals surface area contributed by atoms with Gasteiger partial charge in [-0.3, -0.25) is 9.59 Å². The van der Waals surface area contributed by atoms with Gasteiger partial charge in [0.15, 0.2) is 23.9 Å². The molecule has 9 heteroatoms. The highest BCUT2D eigenvalue weighted by molar-refractivity contribution is 6.14. The lowest BCUT2D eigenvalue weighted by Gasteiger charge is -2.19. The fourth-order valence-electron chi connectivity index (χ4n) is 3.80. The number of amides is 1. The van der Waals surface area contributed by atoms with E-state index in [9.17, 15) is 9.59 Å². The number of allylic oxidation sites excluding steroid dienone is 1. The number of methoxy groups -OCH3 is 2. The van der Waals surface area contributed by atoms with Crippen LogP contribution in [0.4, 0.5) is 5.69 Å². The summed E-state index contributed by atoms with van der Waals surface area (Å²) < 4.78 is 33.0. The number of carbonyl (C=O) groups excluding carboxylic acids is 2. The van der Waals surface area contributed by atoms with Crippen molar-refractivity contribution in [1.82, 2.24) is 0 Å². The average molecular weight is 489 g/mol. The molecule has 0 aromatic heterocycles. The summed E-state index contributed by atoms with van der Waals surface area (Å²) in [6.07, 6.45) is 1.61. The van der Waals surface area contributed by atoms with Crippen LogP contribution in [-0.4, -0.2) is 45.7 Å². The summed E-state index contributed by atoms with van der Waals surface area (Å²) in [5, 5.41) is 2.76. The van der Waals surface area contributed by atoms with Crippen LogP contribution < -0.4 is 33.7 Å². The highest BCUT2D eigenvalue weighted by Gasteiger charge is 2.28. The van der Waals surface area contributed by atoms with Crippen LogP contribution in [0.3, 0.4) is 0 Å². The minimum absolute atomic E-state index is 0.155. The molecule has 184 valence electrons. The van der Waals surface area contributed by atoms with Gasteiger partial charge in [-0.2, -0.15) is 0 Å². The molecule has 0 unspecified atom stereocenters. The van der Waals surface area contributed by atoms with Crippen molar-refractivity contribution in [1.29, 1.82) is 0 Å². The molecule has 2 aliphatic heterocycles. The van der Waals surface area contributed by atoms with E-state index in [1.807, 2.05) is 0 Å². The summed E-state index contributed by atoms with van der Waals surface area (Å²) in [5.41, 5.74) is 1.64. The Kier molecular flexibility index (Phi) is 6.36. The van der Waals surface area contributed by atoms with Gasteiger partial charge in [0.05, 0.1) is 19.8 Å². The number of hydrogen-bond acceptors (Lipinski definition) is 8. The van der Waals surface area contributed by atoms with Crippen molar-refractivity contribution in [2.24, 2.45) is 0 Å². The lowest BCUT2D eigenvalue weighted by Crippen LogP contribution is -2.20. The van der Waals surface area contributed by atoms with E-state index < -0.39 is 0 Å². The van der Waals surface area contributed by atoms with Crippen LogP contribution in [0.1, 0.15) is 15.9 Å². The summed E-state index contributed by atoms with van der Waals surface area (Å²) in [7, 11) is 3.10. The molecule has 0 radical (unpaired) electrons. The molecule has 0 saturated carbocycles. The third-order valence-electron chi connectivity index (χ3n) is 5.56. The van der Waals surface area contributed by atoms with Crippen molar-refractivity contribution >= 4 is 23.5 Å². The van der Waals surface area contributed by atoms with Crippen molar-refractivity contribution in [3.8, 4) is 34.5 Å². The topological polar surface area (TPSA) is 102 Å². The van der Waals surface area contributed by atoms with E-state index >= 15 is 0 Å². The van der Waals surface area contributed by atoms with Crippen LogP contribution in [-0.2, 0) is 4.79 Å². The third kappa shape index (κ3) is 4.76. The molecule has 0 aliphatic carbocycles. The van der Waals surface area contributed by atoms with E-state index in [0.29, 0.717) is 64.5 Å². The second-order valence-corrected chi connectivity index (χ2v) is 7.90. The number of Topliss-reactive ketones (excluding diaryl/α,β-unsaturated/α-hetero) is 1. The van der Waals surface area contributed by atoms with Gasteiger partial charge in [-0.1, -0.05) is 0 Å². The van der Waals surface area contributed by atoms with Crippen LogP contribution in [0.25, 0.3) is 6.08 Å². The molecule has 1 amide bonds. The molecular formula is C27H23NO8. The Bertz CT molecular complexity index is 1360. The minimum atomic E-state index is -0.351. The van der Waals surface area contributed by atoms with Gasteiger partial charge in [-0.15, -0.1) is 0 Å². The van der Waals surface area contributed by atoms with Crippen LogP contribution in [0.15, 0.2) is 60.4 Å². The summed E-state index contributed by atoms with van der Waals surface area (Å²) in [6.45, 7) is 0.726. The molecule has 3 aromatic rings.